The van der Waals surface area contributed by atoms with Crippen molar-refractivity contribution < 1.29 is 67.1 Å². The molecule has 0 amide bonds. The summed E-state index contributed by atoms with van der Waals surface area (Å²) in [5, 5.41) is 2.66. The summed E-state index contributed by atoms with van der Waals surface area (Å²) in [5.41, 5.74) is 0. The first-order valence-corrected chi connectivity index (χ1v) is 10.2. The number of ether oxygens (including phenoxy) is 1. The first-order chi connectivity index (χ1) is 12.2. The summed E-state index contributed by atoms with van der Waals surface area (Å²) in [6, 6.07) is 0. The number of esters is 2. The molecule has 4 nitrogen and oxygen atoms in total. The molecule has 0 bridgehead atoms. The Labute approximate surface area is 205 Å². The Morgan fingerprint density at radius 1 is 0.808 bits per heavy atom. The van der Waals surface area contributed by atoms with Gasteiger partial charge in [0.25, 0.3) is 0 Å². The molecule has 0 spiro atoms. The Bertz CT molecular complexity index is 365. The minimum atomic E-state index is -0.500. The molecule has 1 N–H and O–H groups in total. The summed E-state index contributed by atoms with van der Waals surface area (Å²) in [6.07, 6.45) is 20.9. The van der Waals surface area contributed by atoms with Gasteiger partial charge in [-0.2, -0.15) is 0 Å². The topological polar surface area (TPSA) is 55.4 Å². The van der Waals surface area contributed by atoms with Crippen LogP contribution in [0.5, 0.6) is 0 Å². The zero-order valence-corrected chi connectivity index (χ0v) is 20.6. The van der Waals surface area contributed by atoms with Gasteiger partial charge in [-0.1, -0.05) is 70.4 Å². The monoisotopic (exact) mass is 393 g/mol. The molecule has 0 aromatic carbocycles. The van der Waals surface area contributed by atoms with E-state index in [0.29, 0.717) is 6.42 Å². The molecule has 0 radical (unpaired) electrons. The third kappa shape index (κ3) is 22.5. The predicted molar refractivity (Wildman–Crippen MR) is 106 cm³/mol. The molecule has 0 rings (SSSR count). The number of carbonyl (C=O) groups excluding carboxylic acids is 2. The van der Waals surface area contributed by atoms with Crippen LogP contribution in [0, 0.1) is 0 Å². The van der Waals surface area contributed by atoms with Gasteiger partial charge in [-0.25, -0.2) is 0 Å². The minimum Gasteiger partial charge on any atom is -1.00 e. The molecule has 0 aromatic rings. The normalized spacial score (nSPS) is 10.7. The first kappa shape index (κ1) is 28.7. The molecular weight excluding hydrogens is 353 g/mol. The third-order valence-electron chi connectivity index (χ3n) is 4.19. The molecule has 26 heavy (non-hydrogen) atoms. The SMILES string of the molecule is CCCCCCCC/C=C\CCCCCCCC(=O)OC(=O)CNC.[H-].[K+]. The van der Waals surface area contributed by atoms with E-state index in [9.17, 15) is 9.59 Å². The molecule has 0 heterocycles. The summed E-state index contributed by atoms with van der Waals surface area (Å²) >= 11 is 0. The fraction of sp³-hybridized carbons (Fsp3) is 0.810. The summed E-state index contributed by atoms with van der Waals surface area (Å²) in [5.74, 6) is -0.905. The second kappa shape index (κ2) is 23.5. The zero-order valence-electron chi connectivity index (χ0n) is 18.5. The summed E-state index contributed by atoms with van der Waals surface area (Å²) in [7, 11) is 1.65. The van der Waals surface area contributed by atoms with Crippen LogP contribution in [-0.2, 0) is 14.3 Å². The number of carbonyl (C=O) groups is 2. The Hall–Kier alpha value is 0.476. The molecule has 0 fully saturated rings. The summed E-state index contributed by atoms with van der Waals surface area (Å²) in [4.78, 5) is 22.5. The van der Waals surface area contributed by atoms with Gasteiger partial charge in [0.2, 0.25) is 0 Å². The number of nitrogens with one attached hydrogen (secondary N) is 1. The van der Waals surface area contributed by atoms with Crippen molar-refractivity contribution in [3.63, 3.8) is 0 Å². The number of hydrogen-bond donors (Lipinski definition) is 1. The van der Waals surface area contributed by atoms with Gasteiger partial charge in [0.1, 0.15) is 0 Å². The van der Waals surface area contributed by atoms with Crippen molar-refractivity contribution in [2.45, 2.75) is 96.8 Å². The number of likely N-dealkylation sites (N-methyl/N-ethyl adjacent to an activating group) is 1. The molecule has 0 saturated carbocycles. The maximum absolute atomic E-state index is 11.4. The summed E-state index contributed by atoms with van der Waals surface area (Å²) in [6.45, 7) is 2.34. The van der Waals surface area contributed by atoms with Crippen LogP contribution in [0.1, 0.15) is 98.2 Å². The van der Waals surface area contributed by atoms with Gasteiger partial charge < -0.3 is 11.5 Å². The average molecular weight is 394 g/mol. The summed E-state index contributed by atoms with van der Waals surface area (Å²) < 4.78 is 4.66. The van der Waals surface area contributed by atoms with Crippen molar-refractivity contribution in [1.29, 1.82) is 0 Å². The maximum atomic E-state index is 11.4. The smallest absolute Gasteiger partial charge is 1.00 e. The van der Waals surface area contributed by atoms with Gasteiger partial charge >= 0.3 is 63.3 Å². The molecule has 0 saturated heterocycles. The van der Waals surface area contributed by atoms with E-state index < -0.39 is 11.9 Å². The molecule has 5 heteroatoms. The van der Waals surface area contributed by atoms with Crippen LogP contribution in [0.25, 0.3) is 0 Å². The molecule has 0 aliphatic carbocycles. The van der Waals surface area contributed by atoms with E-state index in [1.165, 1.54) is 57.8 Å². The van der Waals surface area contributed by atoms with Crippen LogP contribution in [0.15, 0.2) is 12.2 Å². The van der Waals surface area contributed by atoms with Gasteiger partial charge in [-0.15, -0.1) is 0 Å². The number of unbranched alkanes of at least 4 members (excludes halogenated alkanes) is 11. The molecular formula is C21H40KNO3. The number of rotatable bonds is 17. The molecule has 0 aromatic heterocycles. The minimum absolute atomic E-state index is 0. The van der Waals surface area contributed by atoms with E-state index in [2.05, 4.69) is 29.1 Å². The molecule has 0 unspecified atom stereocenters. The molecule has 148 valence electrons. The van der Waals surface area contributed by atoms with Gasteiger partial charge in [0, 0.05) is 6.42 Å². The van der Waals surface area contributed by atoms with Gasteiger partial charge in [-0.05, 0) is 39.2 Å². The third-order valence-corrected chi connectivity index (χ3v) is 4.19. The second-order valence-corrected chi connectivity index (χ2v) is 6.71. The Kier molecular flexibility index (Phi) is 25.9. The van der Waals surface area contributed by atoms with Crippen molar-refractivity contribution in [2.75, 3.05) is 13.6 Å². The van der Waals surface area contributed by atoms with Gasteiger partial charge in [-0.3, -0.25) is 9.59 Å². The molecule has 0 aliphatic heterocycles. The van der Waals surface area contributed by atoms with Crippen molar-refractivity contribution >= 4 is 11.9 Å². The van der Waals surface area contributed by atoms with Crippen LogP contribution in [-0.4, -0.2) is 25.5 Å². The largest absolute Gasteiger partial charge is 1.00 e. The van der Waals surface area contributed by atoms with Crippen molar-refractivity contribution in [3.05, 3.63) is 12.2 Å². The van der Waals surface area contributed by atoms with Crippen LogP contribution in [0.4, 0.5) is 0 Å². The Morgan fingerprint density at radius 2 is 1.31 bits per heavy atom. The average Bonchev–Trinajstić information content (AvgIpc) is 2.58. The van der Waals surface area contributed by atoms with Crippen molar-refractivity contribution in [1.82, 2.24) is 5.32 Å². The maximum Gasteiger partial charge on any atom is 1.00 e. The first-order valence-electron chi connectivity index (χ1n) is 10.2. The number of allylic oxidation sites excluding steroid dienone is 2. The fourth-order valence-corrected chi connectivity index (χ4v) is 2.70. The van der Waals surface area contributed by atoms with Crippen LogP contribution in [0.3, 0.4) is 0 Å². The molecule has 0 aliphatic rings. The van der Waals surface area contributed by atoms with Crippen LogP contribution < -0.4 is 56.7 Å². The zero-order chi connectivity index (χ0) is 18.6. The van der Waals surface area contributed by atoms with E-state index in [-0.39, 0.29) is 59.4 Å². The van der Waals surface area contributed by atoms with E-state index in [0.717, 1.165) is 25.7 Å². The second-order valence-electron chi connectivity index (χ2n) is 6.71. The fourth-order valence-electron chi connectivity index (χ4n) is 2.70. The van der Waals surface area contributed by atoms with Crippen LogP contribution in [0.2, 0.25) is 0 Å². The standard InChI is InChI=1S/C21H39NO3.K.H/c1-3-4-5-6-7-8-9-10-11-12-13-14-15-16-17-18-20(23)25-21(24)19-22-2;;/h10-11,22H,3-9,12-19H2,1-2H3;;/q;+1;-1/b11-10-;;. The number of hydrogen-bond acceptors (Lipinski definition) is 4. The van der Waals surface area contributed by atoms with E-state index in [4.69, 9.17) is 0 Å². The van der Waals surface area contributed by atoms with E-state index in [1.807, 2.05) is 0 Å². The van der Waals surface area contributed by atoms with Crippen molar-refractivity contribution in [3.8, 4) is 0 Å². The van der Waals surface area contributed by atoms with E-state index in [1.54, 1.807) is 7.05 Å². The predicted octanol–water partition coefficient (Wildman–Crippen LogP) is 2.43. The van der Waals surface area contributed by atoms with E-state index >= 15 is 0 Å². The molecule has 0 atom stereocenters. The Balaban J connectivity index is -0.00000288. The van der Waals surface area contributed by atoms with Gasteiger partial charge in [0.05, 0.1) is 6.54 Å². The van der Waals surface area contributed by atoms with Gasteiger partial charge in [0.15, 0.2) is 0 Å². The quantitative estimate of drug-likeness (QED) is 0.136. The Morgan fingerprint density at radius 3 is 1.85 bits per heavy atom. The van der Waals surface area contributed by atoms with Crippen molar-refractivity contribution in [2.24, 2.45) is 0 Å². The van der Waals surface area contributed by atoms with Crippen LogP contribution >= 0.6 is 0 Å².